The van der Waals surface area contributed by atoms with E-state index in [1.54, 1.807) is 41.2 Å². The van der Waals surface area contributed by atoms with Crippen molar-refractivity contribution in [2.75, 3.05) is 18.5 Å². The van der Waals surface area contributed by atoms with E-state index in [2.05, 4.69) is 20.2 Å². The fraction of sp³-hybridized carbons (Fsp3) is 0.250. The molecule has 3 rings (SSSR count). The van der Waals surface area contributed by atoms with Crippen LogP contribution in [0.1, 0.15) is 13.3 Å². The van der Waals surface area contributed by atoms with Crippen LogP contribution in [-0.2, 0) is 21.9 Å². The van der Waals surface area contributed by atoms with Gasteiger partial charge in [-0.3, -0.25) is 4.79 Å². The van der Waals surface area contributed by atoms with E-state index in [0.29, 0.717) is 23.9 Å². The SMILES string of the molecule is CCOc1ccc(S(=O)(=O)NCCC(=O)Nc2cccc(-c3nncn3C)c2)cc1. The van der Waals surface area contributed by atoms with Crippen LogP contribution in [0.25, 0.3) is 11.4 Å². The fourth-order valence-electron chi connectivity index (χ4n) is 2.77. The van der Waals surface area contributed by atoms with Crippen LogP contribution in [-0.4, -0.2) is 42.2 Å². The largest absolute Gasteiger partial charge is 0.494 e. The van der Waals surface area contributed by atoms with Gasteiger partial charge in [0.2, 0.25) is 15.9 Å². The summed E-state index contributed by atoms with van der Waals surface area (Å²) in [5, 5.41) is 10.7. The molecule has 158 valence electrons. The summed E-state index contributed by atoms with van der Waals surface area (Å²) in [7, 11) is -1.87. The molecule has 1 heterocycles. The second kappa shape index (κ2) is 9.51. The van der Waals surface area contributed by atoms with Crippen molar-refractivity contribution in [3.8, 4) is 17.1 Å². The Labute approximate surface area is 175 Å². The molecule has 9 nitrogen and oxygen atoms in total. The number of hydrogen-bond acceptors (Lipinski definition) is 6. The van der Waals surface area contributed by atoms with Crippen LogP contribution in [0, 0.1) is 0 Å². The third kappa shape index (κ3) is 5.43. The summed E-state index contributed by atoms with van der Waals surface area (Å²) in [6.45, 7) is 2.33. The summed E-state index contributed by atoms with van der Waals surface area (Å²) >= 11 is 0. The Kier molecular flexibility index (Phi) is 6.80. The van der Waals surface area contributed by atoms with E-state index in [4.69, 9.17) is 4.74 Å². The molecule has 0 saturated carbocycles. The minimum Gasteiger partial charge on any atom is -0.494 e. The number of carbonyl (C=O) groups excluding carboxylic acids is 1. The molecule has 0 aliphatic heterocycles. The summed E-state index contributed by atoms with van der Waals surface area (Å²) in [5.41, 5.74) is 1.40. The molecule has 0 aliphatic rings. The molecule has 1 amide bonds. The van der Waals surface area contributed by atoms with Gasteiger partial charge in [-0.15, -0.1) is 10.2 Å². The molecule has 0 saturated heterocycles. The average Bonchev–Trinajstić information content (AvgIpc) is 3.15. The molecule has 0 atom stereocenters. The lowest BCUT2D eigenvalue weighted by molar-refractivity contribution is -0.116. The molecule has 3 aromatic rings. The second-order valence-corrected chi connectivity index (χ2v) is 8.21. The lowest BCUT2D eigenvalue weighted by Crippen LogP contribution is -2.27. The van der Waals surface area contributed by atoms with E-state index >= 15 is 0 Å². The van der Waals surface area contributed by atoms with Crippen LogP contribution < -0.4 is 14.8 Å². The Balaban J connectivity index is 1.54. The number of hydrogen-bond donors (Lipinski definition) is 2. The molecule has 0 radical (unpaired) electrons. The summed E-state index contributed by atoms with van der Waals surface area (Å²) in [4.78, 5) is 12.3. The number of aromatic nitrogens is 3. The molecule has 10 heteroatoms. The molecule has 0 bridgehead atoms. The van der Waals surface area contributed by atoms with Crippen LogP contribution in [0.3, 0.4) is 0 Å². The quantitative estimate of drug-likeness (QED) is 0.539. The maximum Gasteiger partial charge on any atom is 0.240 e. The predicted octanol–water partition coefficient (Wildman–Crippen LogP) is 2.19. The number of anilines is 1. The highest BCUT2D eigenvalue weighted by molar-refractivity contribution is 7.89. The molecule has 0 fully saturated rings. The number of nitrogens with one attached hydrogen (secondary N) is 2. The first kappa shape index (κ1) is 21.5. The van der Waals surface area contributed by atoms with Crippen molar-refractivity contribution in [2.45, 2.75) is 18.2 Å². The standard InChI is InChI=1S/C20H23N5O4S/c1-3-29-17-7-9-18(10-8-17)30(27,28)22-12-11-19(26)23-16-6-4-5-15(13-16)20-24-21-14-25(20)2/h4-10,13-14,22H,3,11-12H2,1-2H3,(H,23,26). The highest BCUT2D eigenvalue weighted by Crippen LogP contribution is 2.20. The second-order valence-electron chi connectivity index (χ2n) is 6.45. The molecular formula is C20H23N5O4S. The van der Waals surface area contributed by atoms with Gasteiger partial charge in [-0.25, -0.2) is 13.1 Å². The minimum atomic E-state index is -3.71. The number of benzene rings is 2. The van der Waals surface area contributed by atoms with Crippen LogP contribution >= 0.6 is 0 Å². The average molecular weight is 430 g/mol. The number of amides is 1. The van der Waals surface area contributed by atoms with E-state index in [9.17, 15) is 13.2 Å². The molecule has 0 spiro atoms. The summed E-state index contributed by atoms with van der Waals surface area (Å²) in [6.07, 6.45) is 1.58. The Morgan fingerprint density at radius 2 is 1.93 bits per heavy atom. The molecule has 2 aromatic carbocycles. The number of aryl methyl sites for hydroxylation is 1. The van der Waals surface area contributed by atoms with E-state index in [1.807, 2.05) is 20.0 Å². The zero-order valence-corrected chi connectivity index (χ0v) is 17.5. The van der Waals surface area contributed by atoms with Gasteiger partial charge in [0.1, 0.15) is 12.1 Å². The van der Waals surface area contributed by atoms with Crippen LogP contribution in [0.5, 0.6) is 5.75 Å². The first-order valence-corrected chi connectivity index (χ1v) is 10.8. The summed E-state index contributed by atoms with van der Waals surface area (Å²) in [6, 6.07) is 13.3. The Morgan fingerprint density at radius 3 is 2.60 bits per heavy atom. The van der Waals surface area contributed by atoms with Crippen molar-refractivity contribution >= 4 is 21.6 Å². The van der Waals surface area contributed by atoms with Gasteiger partial charge in [-0.1, -0.05) is 12.1 Å². The minimum absolute atomic E-state index is 0.00948. The molecule has 1 aromatic heterocycles. The molecule has 30 heavy (non-hydrogen) atoms. The number of rotatable bonds is 9. The van der Waals surface area contributed by atoms with Crippen molar-refractivity contribution in [1.82, 2.24) is 19.5 Å². The lowest BCUT2D eigenvalue weighted by atomic mass is 10.2. The normalized spacial score (nSPS) is 11.3. The van der Waals surface area contributed by atoms with Gasteiger partial charge in [0.15, 0.2) is 5.82 Å². The first-order valence-electron chi connectivity index (χ1n) is 9.36. The van der Waals surface area contributed by atoms with Gasteiger partial charge in [-0.05, 0) is 43.3 Å². The summed E-state index contributed by atoms with van der Waals surface area (Å²) in [5.74, 6) is 0.966. The topological polar surface area (TPSA) is 115 Å². The third-order valence-electron chi connectivity index (χ3n) is 4.21. The van der Waals surface area contributed by atoms with Crippen LogP contribution in [0.2, 0.25) is 0 Å². The van der Waals surface area contributed by atoms with E-state index in [-0.39, 0.29) is 23.8 Å². The van der Waals surface area contributed by atoms with E-state index < -0.39 is 10.0 Å². The maximum atomic E-state index is 12.4. The smallest absolute Gasteiger partial charge is 0.240 e. The monoisotopic (exact) mass is 429 g/mol. The third-order valence-corrected chi connectivity index (χ3v) is 5.68. The van der Waals surface area contributed by atoms with Gasteiger partial charge in [-0.2, -0.15) is 0 Å². The Hall–Kier alpha value is -3.24. The first-order chi connectivity index (χ1) is 14.4. The molecule has 2 N–H and O–H groups in total. The zero-order valence-electron chi connectivity index (χ0n) is 16.7. The molecule has 0 unspecified atom stereocenters. The van der Waals surface area contributed by atoms with Gasteiger partial charge in [0, 0.05) is 31.3 Å². The van der Waals surface area contributed by atoms with Gasteiger partial charge in [0.25, 0.3) is 0 Å². The summed E-state index contributed by atoms with van der Waals surface area (Å²) < 4.78 is 34.2. The van der Waals surface area contributed by atoms with Gasteiger partial charge in [0.05, 0.1) is 11.5 Å². The van der Waals surface area contributed by atoms with Crippen LogP contribution in [0.15, 0.2) is 59.8 Å². The van der Waals surface area contributed by atoms with Crippen molar-refractivity contribution in [1.29, 1.82) is 0 Å². The molecular weight excluding hydrogens is 406 g/mol. The number of sulfonamides is 1. The Bertz CT molecular complexity index is 1110. The predicted molar refractivity (Wildman–Crippen MR) is 112 cm³/mol. The number of ether oxygens (including phenoxy) is 1. The molecule has 0 aliphatic carbocycles. The Morgan fingerprint density at radius 1 is 1.17 bits per heavy atom. The van der Waals surface area contributed by atoms with Crippen LogP contribution in [0.4, 0.5) is 5.69 Å². The van der Waals surface area contributed by atoms with Gasteiger partial charge < -0.3 is 14.6 Å². The van der Waals surface area contributed by atoms with Crippen molar-refractivity contribution in [3.05, 3.63) is 54.9 Å². The number of nitrogens with zero attached hydrogens (tertiary/aromatic N) is 3. The number of carbonyl (C=O) groups is 1. The van der Waals surface area contributed by atoms with E-state index in [1.165, 1.54) is 12.1 Å². The lowest BCUT2D eigenvalue weighted by Gasteiger charge is -2.09. The van der Waals surface area contributed by atoms with Crippen molar-refractivity contribution in [3.63, 3.8) is 0 Å². The van der Waals surface area contributed by atoms with Crippen molar-refractivity contribution < 1.29 is 17.9 Å². The van der Waals surface area contributed by atoms with Crippen molar-refractivity contribution in [2.24, 2.45) is 7.05 Å². The fourth-order valence-corrected chi connectivity index (χ4v) is 3.80. The van der Waals surface area contributed by atoms with Gasteiger partial charge >= 0.3 is 0 Å². The highest BCUT2D eigenvalue weighted by Gasteiger charge is 2.14. The van der Waals surface area contributed by atoms with E-state index in [0.717, 1.165) is 5.56 Å². The zero-order chi connectivity index (χ0) is 21.6. The maximum absolute atomic E-state index is 12.4. The highest BCUT2D eigenvalue weighted by atomic mass is 32.2.